The Morgan fingerprint density at radius 1 is 1.43 bits per heavy atom. The highest BCUT2D eigenvalue weighted by molar-refractivity contribution is 7.80. The van der Waals surface area contributed by atoms with E-state index in [0.717, 1.165) is 6.42 Å². The third kappa shape index (κ3) is 4.02. The van der Waals surface area contributed by atoms with Gasteiger partial charge in [-0.05, 0) is 13.5 Å². The van der Waals surface area contributed by atoms with Crippen LogP contribution in [0.3, 0.4) is 0 Å². The summed E-state index contributed by atoms with van der Waals surface area (Å²) in [6.45, 7) is 2.35. The van der Waals surface area contributed by atoms with E-state index in [1.165, 1.54) is 0 Å². The maximum absolute atomic E-state index is 11.4. The van der Waals surface area contributed by atoms with Crippen LogP contribution in [-0.4, -0.2) is 54.4 Å². The van der Waals surface area contributed by atoms with Gasteiger partial charge in [0.25, 0.3) is 0 Å². The summed E-state index contributed by atoms with van der Waals surface area (Å²) in [7, 11) is 5.32. The zero-order valence-corrected chi connectivity index (χ0v) is 10.1. The van der Waals surface area contributed by atoms with E-state index in [1.54, 1.807) is 19.0 Å². The van der Waals surface area contributed by atoms with Gasteiger partial charge in [0.05, 0.1) is 17.6 Å². The minimum absolute atomic E-state index is 0.00824. The van der Waals surface area contributed by atoms with Gasteiger partial charge in [0, 0.05) is 14.1 Å². The van der Waals surface area contributed by atoms with E-state index >= 15 is 0 Å². The van der Waals surface area contributed by atoms with Crippen molar-refractivity contribution in [3.05, 3.63) is 0 Å². The zero-order valence-electron chi connectivity index (χ0n) is 9.28. The molecule has 0 radical (unpaired) electrons. The Hall–Kier alpha value is -0.680. The van der Waals surface area contributed by atoms with Crippen LogP contribution in [0, 0.1) is 0 Å². The lowest BCUT2D eigenvalue weighted by atomic mass is 10.2. The zero-order chi connectivity index (χ0) is 11.3. The number of carbonyl (C=O) groups excluding carboxylic acids is 1. The highest BCUT2D eigenvalue weighted by Crippen LogP contribution is 2.02. The molecule has 0 spiro atoms. The minimum Gasteiger partial charge on any atom is -0.392 e. The van der Waals surface area contributed by atoms with Gasteiger partial charge in [0.1, 0.15) is 0 Å². The molecule has 82 valence electrons. The summed E-state index contributed by atoms with van der Waals surface area (Å²) in [5.74, 6) is 0.0576. The summed E-state index contributed by atoms with van der Waals surface area (Å²) >= 11 is 4.92. The number of hydrogen-bond acceptors (Lipinski definition) is 3. The van der Waals surface area contributed by atoms with Crippen LogP contribution in [-0.2, 0) is 4.79 Å². The van der Waals surface area contributed by atoms with Gasteiger partial charge < -0.3 is 10.6 Å². The fourth-order valence-corrected chi connectivity index (χ4v) is 1.54. The monoisotopic (exact) mass is 217 g/mol. The minimum atomic E-state index is 0.00824. The molecule has 0 aromatic carbocycles. The van der Waals surface area contributed by atoms with Gasteiger partial charge >= 0.3 is 0 Å². The van der Waals surface area contributed by atoms with E-state index < -0.39 is 0 Å². The van der Waals surface area contributed by atoms with Crippen LogP contribution in [0.1, 0.15) is 13.3 Å². The third-order valence-corrected chi connectivity index (χ3v) is 2.40. The number of likely N-dealkylation sites (N-methyl/N-ethyl adjacent to an activating group) is 2. The lowest BCUT2D eigenvalue weighted by molar-refractivity contribution is -0.129. The lowest BCUT2D eigenvalue weighted by Gasteiger charge is -2.26. The SMILES string of the molecule is CCC(C(N)=S)N(C)CC(=O)N(C)C. The molecule has 0 aliphatic heterocycles. The molecule has 1 amide bonds. The fraction of sp³-hybridized carbons (Fsp3) is 0.778. The Bertz CT molecular complexity index is 218. The molecule has 0 saturated carbocycles. The first-order valence-electron chi connectivity index (χ1n) is 4.59. The first kappa shape index (κ1) is 13.3. The number of carbonyl (C=O) groups is 1. The number of rotatable bonds is 5. The first-order chi connectivity index (χ1) is 6.40. The van der Waals surface area contributed by atoms with Crippen LogP contribution in [0.15, 0.2) is 0 Å². The molecule has 0 bridgehead atoms. The maximum atomic E-state index is 11.4. The normalized spacial score (nSPS) is 12.6. The van der Waals surface area contributed by atoms with Gasteiger partial charge in [-0.25, -0.2) is 0 Å². The summed E-state index contributed by atoms with van der Waals surface area (Å²) in [6.07, 6.45) is 0.826. The molecular formula is C9H19N3OS. The largest absolute Gasteiger partial charge is 0.392 e. The topological polar surface area (TPSA) is 49.6 Å². The van der Waals surface area contributed by atoms with Crippen molar-refractivity contribution in [1.29, 1.82) is 0 Å². The molecule has 1 unspecified atom stereocenters. The van der Waals surface area contributed by atoms with Gasteiger partial charge in [-0.1, -0.05) is 19.1 Å². The van der Waals surface area contributed by atoms with Crippen LogP contribution in [0.4, 0.5) is 0 Å². The molecule has 0 fully saturated rings. The number of nitrogens with two attached hydrogens (primary N) is 1. The summed E-state index contributed by atoms with van der Waals surface area (Å²) in [5.41, 5.74) is 5.56. The average molecular weight is 217 g/mol. The second-order valence-electron chi connectivity index (χ2n) is 3.53. The standard InChI is InChI=1S/C9H19N3OS/c1-5-7(9(10)14)12(4)6-8(13)11(2)3/h7H,5-6H2,1-4H3,(H2,10,14). The van der Waals surface area contributed by atoms with Gasteiger partial charge in [-0.2, -0.15) is 0 Å². The van der Waals surface area contributed by atoms with Crippen LogP contribution in [0.25, 0.3) is 0 Å². The van der Waals surface area contributed by atoms with E-state index in [1.807, 2.05) is 18.9 Å². The predicted octanol–water partition coefficient (Wildman–Crippen LogP) is 0.0711. The molecular weight excluding hydrogens is 198 g/mol. The molecule has 1 atom stereocenters. The van der Waals surface area contributed by atoms with E-state index in [-0.39, 0.29) is 11.9 Å². The van der Waals surface area contributed by atoms with Crippen molar-refractivity contribution < 1.29 is 4.79 Å². The molecule has 0 aromatic heterocycles. The Balaban J connectivity index is 4.24. The van der Waals surface area contributed by atoms with Crippen LogP contribution in [0.2, 0.25) is 0 Å². The maximum Gasteiger partial charge on any atom is 0.236 e. The van der Waals surface area contributed by atoms with Crippen LogP contribution >= 0.6 is 12.2 Å². The quantitative estimate of drug-likeness (QED) is 0.662. The molecule has 0 aromatic rings. The molecule has 0 saturated heterocycles. The van der Waals surface area contributed by atoms with Crippen molar-refractivity contribution in [2.24, 2.45) is 5.73 Å². The van der Waals surface area contributed by atoms with Crippen molar-refractivity contribution in [3.8, 4) is 0 Å². The molecule has 5 heteroatoms. The summed E-state index contributed by atoms with van der Waals surface area (Å²) in [5, 5.41) is 0. The molecule has 0 aliphatic carbocycles. The Morgan fingerprint density at radius 2 is 1.93 bits per heavy atom. The van der Waals surface area contributed by atoms with E-state index in [2.05, 4.69) is 0 Å². The summed E-state index contributed by atoms with van der Waals surface area (Å²) < 4.78 is 0. The smallest absolute Gasteiger partial charge is 0.236 e. The van der Waals surface area contributed by atoms with Gasteiger partial charge in [-0.3, -0.25) is 9.69 Å². The number of hydrogen-bond donors (Lipinski definition) is 1. The Morgan fingerprint density at radius 3 is 2.21 bits per heavy atom. The van der Waals surface area contributed by atoms with E-state index in [4.69, 9.17) is 18.0 Å². The van der Waals surface area contributed by atoms with Gasteiger partial charge in [-0.15, -0.1) is 0 Å². The Labute approximate surface area is 91.0 Å². The third-order valence-electron chi connectivity index (χ3n) is 2.13. The molecule has 0 heterocycles. The Kier molecular flexibility index (Phi) is 5.64. The van der Waals surface area contributed by atoms with E-state index in [0.29, 0.717) is 11.5 Å². The van der Waals surface area contributed by atoms with Crippen molar-refractivity contribution >= 4 is 23.1 Å². The molecule has 0 rings (SSSR count). The number of amides is 1. The first-order valence-corrected chi connectivity index (χ1v) is 5.00. The van der Waals surface area contributed by atoms with Crippen molar-refractivity contribution in [3.63, 3.8) is 0 Å². The van der Waals surface area contributed by atoms with Crippen LogP contribution < -0.4 is 5.73 Å². The van der Waals surface area contributed by atoms with Crippen molar-refractivity contribution in [2.75, 3.05) is 27.7 Å². The van der Waals surface area contributed by atoms with Crippen molar-refractivity contribution in [1.82, 2.24) is 9.80 Å². The number of nitrogens with zero attached hydrogens (tertiary/aromatic N) is 2. The summed E-state index contributed by atoms with van der Waals surface area (Å²) in [6, 6.07) is 0.00824. The highest BCUT2D eigenvalue weighted by atomic mass is 32.1. The second-order valence-corrected chi connectivity index (χ2v) is 4.00. The molecule has 2 N–H and O–H groups in total. The van der Waals surface area contributed by atoms with Gasteiger partial charge in [0.15, 0.2) is 0 Å². The average Bonchev–Trinajstić information content (AvgIpc) is 2.04. The molecule has 14 heavy (non-hydrogen) atoms. The lowest BCUT2D eigenvalue weighted by Crippen LogP contribution is -2.45. The highest BCUT2D eigenvalue weighted by Gasteiger charge is 2.18. The fourth-order valence-electron chi connectivity index (χ4n) is 1.20. The van der Waals surface area contributed by atoms with Crippen molar-refractivity contribution in [2.45, 2.75) is 19.4 Å². The van der Waals surface area contributed by atoms with Gasteiger partial charge in [0.2, 0.25) is 5.91 Å². The second kappa shape index (κ2) is 5.93. The van der Waals surface area contributed by atoms with Crippen LogP contribution in [0.5, 0.6) is 0 Å². The molecule has 0 aliphatic rings. The predicted molar refractivity (Wildman–Crippen MR) is 62.2 cm³/mol. The van der Waals surface area contributed by atoms with E-state index in [9.17, 15) is 4.79 Å². The summed E-state index contributed by atoms with van der Waals surface area (Å²) in [4.78, 5) is 15.3. The molecule has 4 nitrogen and oxygen atoms in total. The number of thiocarbonyl (C=S) groups is 1.